The van der Waals surface area contributed by atoms with Crippen molar-refractivity contribution < 1.29 is 0 Å². The number of anilines is 3. The van der Waals surface area contributed by atoms with Crippen LogP contribution < -0.4 is 4.90 Å². The average Bonchev–Trinajstić information content (AvgIpc) is 3.66. The van der Waals surface area contributed by atoms with Crippen molar-refractivity contribution in [3.05, 3.63) is 212 Å². The van der Waals surface area contributed by atoms with E-state index in [-0.39, 0.29) is 0 Å². The number of hydrogen-bond donors (Lipinski definition) is 0. The van der Waals surface area contributed by atoms with Gasteiger partial charge in [0.2, 0.25) is 0 Å². The Morgan fingerprint density at radius 1 is 0.300 bits per heavy atom. The van der Waals surface area contributed by atoms with Crippen LogP contribution in [0.25, 0.3) is 94.7 Å². The Labute approximate surface area is 347 Å². The van der Waals surface area contributed by atoms with Crippen LogP contribution in [0.5, 0.6) is 0 Å². The fourth-order valence-corrected chi connectivity index (χ4v) is 9.05. The van der Waals surface area contributed by atoms with Gasteiger partial charge in [-0.2, -0.15) is 0 Å². The van der Waals surface area contributed by atoms with Gasteiger partial charge in [-0.15, -0.1) is 0 Å². The number of para-hydroxylation sites is 3. The highest BCUT2D eigenvalue weighted by atomic mass is 15.2. The Kier molecular flexibility index (Phi) is 7.78. The van der Waals surface area contributed by atoms with Gasteiger partial charge in [-0.25, -0.2) is 15.0 Å². The second-order valence-corrected chi connectivity index (χ2v) is 15.2. The smallest absolute Gasteiger partial charge is 0.164 e. The summed E-state index contributed by atoms with van der Waals surface area (Å²) in [5.74, 6) is 1.87. The molecule has 5 nitrogen and oxygen atoms in total. The molecule has 0 amide bonds. The highest BCUT2D eigenvalue weighted by Gasteiger charge is 2.28. The molecule has 0 fully saturated rings. The lowest BCUT2D eigenvalue weighted by atomic mass is 9.89. The normalized spacial score (nSPS) is 12.0. The SMILES string of the molecule is c1ccc(-c2cccc(-c3nc(-c4ccccc4)nc(-c4ccc5c(c4)N(c4ccccc4)c4ccc(-n6c7ccccc7c7ccccc76)c6cccc-5c46)n3)c2)cc1. The molecule has 3 heterocycles. The summed E-state index contributed by atoms with van der Waals surface area (Å²) < 4.78 is 2.43. The summed E-state index contributed by atoms with van der Waals surface area (Å²) in [6.07, 6.45) is 0. The van der Waals surface area contributed by atoms with Crippen LogP contribution in [0.1, 0.15) is 0 Å². The highest BCUT2D eigenvalue weighted by Crippen LogP contribution is 2.53. The Morgan fingerprint density at radius 3 is 1.52 bits per heavy atom. The fourth-order valence-electron chi connectivity index (χ4n) is 9.05. The number of aromatic nitrogens is 4. The van der Waals surface area contributed by atoms with E-state index in [1.54, 1.807) is 0 Å². The van der Waals surface area contributed by atoms with E-state index < -0.39 is 0 Å². The Balaban J connectivity index is 1.07. The van der Waals surface area contributed by atoms with Crippen LogP contribution in [0.3, 0.4) is 0 Å². The molecule has 0 atom stereocenters. The second-order valence-electron chi connectivity index (χ2n) is 15.2. The molecule has 60 heavy (non-hydrogen) atoms. The van der Waals surface area contributed by atoms with Gasteiger partial charge in [-0.1, -0.05) is 164 Å². The molecule has 280 valence electrons. The van der Waals surface area contributed by atoms with Crippen molar-refractivity contribution in [3.8, 4) is 62.1 Å². The fraction of sp³-hybridized carbons (Fsp3) is 0. The molecule has 5 heteroatoms. The zero-order valence-corrected chi connectivity index (χ0v) is 32.4. The van der Waals surface area contributed by atoms with Gasteiger partial charge in [0.05, 0.1) is 28.1 Å². The molecule has 0 bridgehead atoms. The topological polar surface area (TPSA) is 46.8 Å². The Morgan fingerprint density at radius 2 is 0.817 bits per heavy atom. The van der Waals surface area contributed by atoms with Crippen LogP contribution in [0.4, 0.5) is 17.1 Å². The second kappa shape index (κ2) is 13.8. The van der Waals surface area contributed by atoms with E-state index in [1.807, 2.05) is 24.3 Å². The zero-order chi connectivity index (χ0) is 39.6. The Bertz CT molecular complexity index is 3380. The van der Waals surface area contributed by atoms with Crippen LogP contribution in [-0.4, -0.2) is 19.5 Å². The number of hydrogen-bond acceptors (Lipinski definition) is 4. The van der Waals surface area contributed by atoms with E-state index in [4.69, 9.17) is 15.0 Å². The minimum atomic E-state index is 0.616. The third-order valence-corrected chi connectivity index (χ3v) is 11.8. The van der Waals surface area contributed by atoms with Crippen molar-refractivity contribution in [1.29, 1.82) is 0 Å². The molecule has 0 saturated heterocycles. The summed E-state index contributed by atoms with van der Waals surface area (Å²) in [7, 11) is 0. The van der Waals surface area contributed by atoms with Gasteiger partial charge < -0.3 is 9.47 Å². The van der Waals surface area contributed by atoms with Gasteiger partial charge in [-0.05, 0) is 65.2 Å². The maximum Gasteiger partial charge on any atom is 0.164 e. The molecular weight excluding hydrogens is 731 g/mol. The first kappa shape index (κ1) is 33.9. The summed E-state index contributed by atoms with van der Waals surface area (Å²) in [5, 5.41) is 4.91. The first-order chi connectivity index (χ1) is 29.8. The molecule has 9 aromatic carbocycles. The lowest BCUT2D eigenvalue weighted by Crippen LogP contribution is -2.15. The van der Waals surface area contributed by atoms with E-state index in [0.29, 0.717) is 17.5 Å². The minimum absolute atomic E-state index is 0.616. The molecular formula is C55H35N5. The molecule has 2 aromatic heterocycles. The molecule has 1 aliphatic heterocycles. The number of fused-ring (bicyclic) bond motifs is 5. The summed E-state index contributed by atoms with van der Waals surface area (Å²) in [4.78, 5) is 17.8. The van der Waals surface area contributed by atoms with Gasteiger partial charge >= 0.3 is 0 Å². The standard InChI is InChI=1S/C55H35N5/c1-4-16-36(17-5-1)38-20-14-21-39(34-38)54-56-53(37-18-6-2-7-19-37)57-55(58-54)40-30-31-44-45-26-15-27-46-49(60-47-28-12-10-24-42(47)43-25-11-13-29-48(43)60)32-33-50(52(45)46)59(51(44)35-40)41-22-8-3-9-23-41/h1-35H. The van der Waals surface area contributed by atoms with Crippen LogP contribution in [0.2, 0.25) is 0 Å². The maximum absolute atomic E-state index is 5.21. The van der Waals surface area contributed by atoms with Crippen LogP contribution >= 0.6 is 0 Å². The van der Waals surface area contributed by atoms with Gasteiger partial charge in [-0.3, -0.25) is 0 Å². The number of nitrogens with zero attached hydrogens (tertiary/aromatic N) is 5. The van der Waals surface area contributed by atoms with E-state index >= 15 is 0 Å². The molecule has 1 aliphatic rings. The van der Waals surface area contributed by atoms with Crippen molar-refractivity contribution in [1.82, 2.24) is 19.5 Å². The van der Waals surface area contributed by atoms with Gasteiger partial charge in [0.1, 0.15) is 0 Å². The third kappa shape index (κ3) is 5.44. The zero-order valence-electron chi connectivity index (χ0n) is 32.4. The Hall–Kier alpha value is -8.15. The van der Waals surface area contributed by atoms with E-state index in [0.717, 1.165) is 56.1 Å². The predicted molar refractivity (Wildman–Crippen MR) is 247 cm³/mol. The van der Waals surface area contributed by atoms with Crippen molar-refractivity contribution in [2.45, 2.75) is 0 Å². The van der Waals surface area contributed by atoms with Crippen LogP contribution in [0.15, 0.2) is 212 Å². The largest absolute Gasteiger partial charge is 0.309 e. The molecule has 0 aliphatic carbocycles. The van der Waals surface area contributed by atoms with Gasteiger partial charge in [0.15, 0.2) is 17.5 Å². The summed E-state index contributed by atoms with van der Waals surface area (Å²) >= 11 is 0. The van der Waals surface area contributed by atoms with Crippen molar-refractivity contribution in [2.24, 2.45) is 0 Å². The van der Waals surface area contributed by atoms with Crippen LogP contribution in [0, 0.1) is 0 Å². The summed E-state index contributed by atoms with van der Waals surface area (Å²) in [5.41, 5.74) is 14.2. The number of rotatable bonds is 6. The summed E-state index contributed by atoms with van der Waals surface area (Å²) in [6.45, 7) is 0. The van der Waals surface area contributed by atoms with Gasteiger partial charge in [0.25, 0.3) is 0 Å². The first-order valence-corrected chi connectivity index (χ1v) is 20.3. The monoisotopic (exact) mass is 765 g/mol. The van der Waals surface area contributed by atoms with Gasteiger partial charge in [0, 0.05) is 49.5 Å². The summed E-state index contributed by atoms with van der Waals surface area (Å²) in [6, 6.07) is 75.1. The quantitative estimate of drug-likeness (QED) is 0.169. The van der Waals surface area contributed by atoms with Crippen LogP contribution in [-0.2, 0) is 0 Å². The van der Waals surface area contributed by atoms with E-state index in [1.165, 1.54) is 38.1 Å². The van der Waals surface area contributed by atoms with E-state index in [2.05, 4.69) is 198 Å². The minimum Gasteiger partial charge on any atom is -0.309 e. The molecule has 0 saturated carbocycles. The number of benzene rings is 9. The highest BCUT2D eigenvalue weighted by molar-refractivity contribution is 6.18. The van der Waals surface area contributed by atoms with Crippen molar-refractivity contribution in [2.75, 3.05) is 4.90 Å². The maximum atomic E-state index is 5.21. The van der Waals surface area contributed by atoms with E-state index in [9.17, 15) is 0 Å². The van der Waals surface area contributed by atoms with Crippen molar-refractivity contribution in [3.63, 3.8) is 0 Å². The third-order valence-electron chi connectivity index (χ3n) is 11.8. The van der Waals surface area contributed by atoms with Crippen molar-refractivity contribution >= 4 is 49.6 Å². The molecule has 12 rings (SSSR count). The predicted octanol–water partition coefficient (Wildman–Crippen LogP) is 14.2. The molecule has 0 radical (unpaired) electrons. The first-order valence-electron chi connectivity index (χ1n) is 20.3. The lowest BCUT2D eigenvalue weighted by Gasteiger charge is -2.34. The molecule has 11 aromatic rings. The molecule has 0 spiro atoms. The molecule has 0 N–H and O–H groups in total. The average molecular weight is 766 g/mol. The lowest BCUT2D eigenvalue weighted by molar-refractivity contribution is 1.07. The molecule has 0 unspecified atom stereocenters.